The topological polar surface area (TPSA) is 59.2 Å². The van der Waals surface area contributed by atoms with E-state index in [2.05, 4.69) is 15.0 Å². The lowest BCUT2D eigenvalue weighted by Crippen LogP contribution is -2.51. The van der Waals surface area contributed by atoms with Crippen molar-refractivity contribution >= 4 is 5.78 Å². The monoisotopic (exact) mass is 235 g/mol. The van der Waals surface area contributed by atoms with Crippen molar-refractivity contribution in [3.8, 4) is 0 Å². The molecule has 2 saturated heterocycles. The quantitative estimate of drug-likeness (QED) is 0.776. The van der Waals surface area contributed by atoms with E-state index in [9.17, 15) is 4.79 Å². The maximum Gasteiger partial charge on any atom is 0.223 e. The van der Waals surface area contributed by atoms with Crippen LogP contribution in [-0.4, -0.2) is 32.9 Å². The van der Waals surface area contributed by atoms with E-state index >= 15 is 0 Å². The number of carbonyl (C=O) groups excluding carboxylic acids is 1. The Hall–Kier alpha value is -1.23. The number of fused-ring (bicyclic) bond motifs is 2. The highest BCUT2D eigenvalue weighted by molar-refractivity contribution is 5.80. The number of aryl methyl sites for hydroxylation is 1. The highest BCUT2D eigenvalue weighted by atomic mass is 16.5. The minimum Gasteiger partial charge on any atom is -0.340 e. The summed E-state index contributed by atoms with van der Waals surface area (Å²) in [5, 5.41) is 3.94. The summed E-state index contributed by atoms with van der Waals surface area (Å²) < 4.78 is 4.99. The zero-order chi connectivity index (χ0) is 11.8. The van der Waals surface area contributed by atoms with Crippen molar-refractivity contribution in [3.05, 3.63) is 11.7 Å². The number of piperidine rings is 2. The maximum absolute atomic E-state index is 11.6. The largest absolute Gasteiger partial charge is 0.340 e. The standard InChI is InChI=1S/C12H17N3O2/c1-8-13-12(14-17-8)7-15-9-3-2-4-10(15)6-11(16)5-9/h9-10H,2-7H2,1H3. The first-order chi connectivity index (χ1) is 8.22. The van der Waals surface area contributed by atoms with Crippen LogP contribution in [0.5, 0.6) is 0 Å². The van der Waals surface area contributed by atoms with E-state index in [0.29, 0.717) is 36.6 Å². The summed E-state index contributed by atoms with van der Waals surface area (Å²) in [5.74, 6) is 1.77. The van der Waals surface area contributed by atoms with Crippen molar-refractivity contribution in [3.63, 3.8) is 0 Å². The van der Waals surface area contributed by atoms with Crippen LogP contribution < -0.4 is 0 Å². The Kier molecular flexibility index (Phi) is 2.70. The maximum atomic E-state index is 11.6. The van der Waals surface area contributed by atoms with Gasteiger partial charge in [-0.15, -0.1) is 0 Å². The zero-order valence-electron chi connectivity index (χ0n) is 10.1. The number of aromatic nitrogens is 2. The van der Waals surface area contributed by atoms with Crippen LogP contribution in [0.15, 0.2) is 4.52 Å². The Balaban J connectivity index is 1.76. The minimum absolute atomic E-state index is 0.397. The fourth-order valence-corrected chi connectivity index (χ4v) is 3.09. The van der Waals surface area contributed by atoms with Crippen LogP contribution in [0.1, 0.15) is 43.8 Å². The van der Waals surface area contributed by atoms with Gasteiger partial charge >= 0.3 is 0 Å². The minimum atomic E-state index is 0.397. The van der Waals surface area contributed by atoms with Crippen molar-refractivity contribution in [1.82, 2.24) is 15.0 Å². The van der Waals surface area contributed by atoms with Gasteiger partial charge in [0.05, 0.1) is 6.54 Å². The molecule has 0 aliphatic carbocycles. The smallest absolute Gasteiger partial charge is 0.223 e. The molecule has 0 spiro atoms. The molecular weight excluding hydrogens is 218 g/mol. The van der Waals surface area contributed by atoms with Crippen LogP contribution in [0.3, 0.4) is 0 Å². The third-order valence-corrected chi connectivity index (χ3v) is 3.83. The van der Waals surface area contributed by atoms with Gasteiger partial charge in [0.15, 0.2) is 5.82 Å². The van der Waals surface area contributed by atoms with Gasteiger partial charge in [-0.05, 0) is 12.8 Å². The lowest BCUT2D eigenvalue weighted by Gasteiger charge is -2.44. The molecule has 92 valence electrons. The van der Waals surface area contributed by atoms with Gasteiger partial charge in [0, 0.05) is 31.8 Å². The van der Waals surface area contributed by atoms with E-state index < -0.39 is 0 Å². The van der Waals surface area contributed by atoms with E-state index in [0.717, 1.165) is 25.2 Å². The van der Waals surface area contributed by atoms with Gasteiger partial charge in [-0.3, -0.25) is 9.69 Å². The second kappa shape index (κ2) is 4.22. The molecule has 0 aromatic carbocycles. The number of rotatable bonds is 2. The van der Waals surface area contributed by atoms with Crippen LogP contribution in [0.4, 0.5) is 0 Å². The molecule has 0 saturated carbocycles. The summed E-state index contributed by atoms with van der Waals surface area (Å²) in [6.07, 6.45) is 4.89. The first-order valence-electron chi connectivity index (χ1n) is 6.29. The molecule has 5 nitrogen and oxygen atoms in total. The lowest BCUT2D eigenvalue weighted by atomic mass is 9.84. The predicted octanol–water partition coefficient (Wildman–Crippen LogP) is 1.46. The van der Waals surface area contributed by atoms with Gasteiger partial charge in [0.1, 0.15) is 5.78 Å². The molecule has 0 radical (unpaired) electrons. The van der Waals surface area contributed by atoms with E-state index in [4.69, 9.17) is 4.52 Å². The van der Waals surface area contributed by atoms with Crippen LogP contribution in [0, 0.1) is 6.92 Å². The molecule has 17 heavy (non-hydrogen) atoms. The van der Waals surface area contributed by atoms with Gasteiger partial charge in [0.25, 0.3) is 0 Å². The average molecular weight is 235 g/mol. The van der Waals surface area contributed by atoms with E-state index in [1.807, 2.05) is 0 Å². The summed E-state index contributed by atoms with van der Waals surface area (Å²) in [6.45, 7) is 2.52. The molecule has 2 fully saturated rings. The molecular formula is C12H17N3O2. The van der Waals surface area contributed by atoms with E-state index in [-0.39, 0.29) is 0 Å². The fourth-order valence-electron chi connectivity index (χ4n) is 3.09. The number of hydrogen-bond acceptors (Lipinski definition) is 5. The van der Waals surface area contributed by atoms with Gasteiger partial charge < -0.3 is 4.52 Å². The van der Waals surface area contributed by atoms with Crippen molar-refractivity contribution in [2.45, 2.75) is 57.7 Å². The third kappa shape index (κ3) is 2.11. The number of ketones is 1. The van der Waals surface area contributed by atoms with E-state index in [1.54, 1.807) is 6.92 Å². The first kappa shape index (κ1) is 10.9. The van der Waals surface area contributed by atoms with Gasteiger partial charge in [-0.25, -0.2) is 0 Å². The molecule has 2 atom stereocenters. The molecule has 2 bridgehead atoms. The molecule has 2 aliphatic rings. The number of Topliss-reactive ketones (excluding diaryl/α,β-unsaturated/α-hetero) is 1. The molecule has 3 rings (SSSR count). The Morgan fingerprint density at radius 1 is 1.35 bits per heavy atom. The fraction of sp³-hybridized carbons (Fsp3) is 0.750. The molecule has 2 unspecified atom stereocenters. The van der Waals surface area contributed by atoms with Crippen molar-refractivity contribution in [2.75, 3.05) is 0 Å². The summed E-state index contributed by atoms with van der Waals surface area (Å²) in [7, 11) is 0. The van der Waals surface area contributed by atoms with Crippen LogP contribution in [0.25, 0.3) is 0 Å². The van der Waals surface area contributed by atoms with Crippen LogP contribution >= 0.6 is 0 Å². The van der Waals surface area contributed by atoms with Crippen molar-refractivity contribution in [2.24, 2.45) is 0 Å². The molecule has 2 aliphatic heterocycles. The first-order valence-corrected chi connectivity index (χ1v) is 6.29. The zero-order valence-corrected chi connectivity index (χ0v) is 10.1. The Morgan fingerprint density at radius 3 is 2.65 bits per heavy atom. The summed E-state index contributed by atoms with van der Waals surface area (Å²) in [4.78, 5) is 18.2. The Morgan fingerprint density at radius 2 is 2.06 bits per heavy atom. The predicted molar refractivity (Wildman–Crippen MR) is 60.2 cm³/mol. The number of hydrogen-bond donors (Lipinski definition) is 0. The average Bonchev–Trinajstić information content (AvgIpc) is 2.65. The highest BCUT2D eigenvalue weighted by Crippen LogP contribution is 2.33. The molecule has 0 amide bonds. The Bertz CT molecular complexity index is 413. The number of carbonyl (C=O) groups is 1. The second-order valence-electron chi connectivity index (χ2n) is 5.09. The van der Waals surface area contributed by atoms with Crippen LogP contribution in [0.2, 0.25) is 0 Å². The van der Waals surface area contributed by atoms with Gasteiger partial charge in [-0.2, -0.15) is 4.98 Å². The van der Waals surface area contributed by atoms with Crippen LogP contribution in [-0.2, 0) is 11.3 Å². The second-order valence-corrected chi connectivity index (χ2v) is 5.09. The molecule has 0 N–H and O–H groups in total. The summed E-state index contributed by atoms with van der Waals surface area (Å²) in [5.41, 5.74) is 0. The molecule has 1 aromatic rings. The molecule has 1 aromatic heterocycles. The molecule has 3 heterocycles. The van der Waals surface area contributed by atoms with E-state index in [1.165, 1.54) is 6.42 Å². The summed E-state index contributed by atoms with van der Waals surface area (Å²) in [6, 6.07) is 0.794. The SMILES string of the molecule is Cc1nc(CN2C3CCCC2CC(=O)C3)no1. The van der Waals surface area contributed by atoms with Crippen molar-refractivity contribution in [1.29, 1.82) is 0 Å². The third-order valence-electron chi connectivity index (χ3n) is 3.83. The highest BCUT2D eigenvalue weighted by Gasteiger charge is 2.37. The normalized spacial score (nSPS) is 29.6. The number of nitrogens with zero attached hydrogens (tertiary/aromatic N) is 3. The van der Waals surface area contributed by atoms with Gasteiger partial charge in [-0.1, -0.05) is 11.6 Å². The van der Waals surface area contributed by atoms with Gasteiger partial charge in [0.2, 0.25) is 5.89 Å². The summed E-state index contributed by atoms with van der Waals surface area (Å²) >= 11 is 0. The lowest BCUT2D eigenvalue weighted by molar-refractivity contribution is -0.127. The van der Waals surface area contributed by atoms with Crippen molar-refractivity contribution < 1.29 is 9.32 Å². The Labute approximate surface area is 100 Å². The molecule has 5 heteroatoms.